The molecular formula is C28H27ClFN3O2. The van der Waals surface area contributed by atoms with Gasteiger partial charge in [0, 0.05) is 6.54 Å². The summed E-state index contributed by atoms with van der Waals surface area (Å²) in [5, 5.41) is 0.833. The van der Waals surface area contributed by atoms with E-state index in [1.807, 2.05) is 13.0 Å². The Kier molecular flexibility index (Phi) is 7.61. The van der Waals surface area contributed by atoms with Crippen molar-refractivity contribution in [2.45, 2.75) is 39.2 Å². The molecule has 0 radical (unpaired) electrons. The highest BCUT2D eigenvalue weighted by atomic mass is 35.5. The Morgan fingerprint density at radius 3 is 2.46 bits per heavy atom. The minimum Gasteiger partial charge on any atom is -0.329 e. The third-order valence-corrected chi connectivity index (χ3v) is 6.42. The van der Waals surface area contributed by atoms with Crippen molar-refractivity contribution >= 4 is 28.4 Å². The van der Waals surface area contributed by atoms with Crippen LogP contribution in [-0.2, 0) is 0 Å². The van der Waals surface area contributed by atoms with Gasteiger partial charge in [-0.15, -0.1) is 0 Å². The topological polar surface area (TPSA) is 55.2 Å². The van der Waals surface area contributed by atoms with Gasteiger partial charge in [0.15, 0.2) is 0 Å². The Bertz CT molecular complexity index is 1420. The number of amides is 1. The first-order valence-corrected chi connectivity index (χ1v) is 12.1. The molecule has 0 aliphatic rings. The smallest absolute Gasteiger partial charge is 0.266 e. The Morgan fingerprint density at radius 1 is 1.03 bits per heavy atom. The van der Waals surface area contributed by atoms with Crippen LogP contribution in [0.25, 0.3) is 16.6 Å². The fraction of sp³-hybridized carbons (Fsp3) is 0.250. The Hall–Kier alpha value is -3.51. The lowest BCUT2D eigenvalue weighted by molar-refractivity contribution is 0.0672. The van der Waals surface area contributed by atoms with Gasteiger partial charge in [-0.2, -0.15) is 0 Å². The first-order valence-electron chi connectivity index (χ1n) is 11.8. The van der Waals surface area contributed by atoms with Gasteiger partial charge in [-0.1, -0.05) is 67.8 Å². The molecule has 7 heteroatoms. The highest BCUT2D eigenvalue weighted by Crippen LogP contribution is 2.28. The zero-order valence-corrected chi connectivity index (χ0v) is 20.5. The van der Waals surface area contributed by atoms with E-state index >= 15 is 0 Å². The quantitative estimate of drug-likeness (QED) is 0.262. The molecule has 0 bridgehead atoms. The van der Waals surface area contributed by atoms with Crippen LogP contribution < -0.4 is 5.56 Å². The molecule has 0 saturated carbocycles. The highest BCUT2D eigenvalue weighted by Gasteiger charge is 2.29. The van der Waals surface area contributed by atoms with E-state index in [0.717, 1.165) is 19.3 Å². The van der Waals surface area contributed by atoms with Gasteiger partial charge in [-0.05, 0) is 49.7 Å². The van der Waals surface area contributed by atoms with Crippen LogP contribution in [0.15, 0.2) is 77.6 Å². The second kappa shape index (κ2) is 10.8. The van der Waals surface area contributed by atoms with Gasteiger partial charge in [-0.3, -0.25) is 14.2 Å². The number of aromatic nitrogens is 2. The zero-order chi connectivity index (χ0) is 24.9. The van der Waals surface area contributed by atoms with E-state index in [2.05, 4.69) is 6.92 Å². The van der Waals surface area contributed by atoms with Gasteiger partial charge in [0.25, 0.3) is 11.5 Å². The van der Waals surface area contributed by atoms with Crippen LogP contribution in [0.5, 0.6) is 0 Å². The highest BCUT2D eigenvalue weighted by molar-refractivity contribution is 6.32. The maximum atomic E-state index is 14.6. The number of fused-ring (bicyclic) bond motifs is 1. The molecule has 1 atom stereocenters. The molecule has 1 unspecified atom stereocenters. The van der Waals surface area contributed by atoms with Crippen molar-refractivity contribution in [2.75, 3.05) is 6.54 Å². The number of rotatable bonds is 8. The Labute approximate surface area is 208 Å². The summed E-state index contributed by atoms with van der Waals surface area (Å²) in [4.78, 5) is 33.7. The second-order valence-electron chi connectivity index (χ2n) is 8.44. The maximum absolute atomic E-state index is 14.6. The molecule has 0 saturated heterocycles. The predicted octanol–water partition coefficient (Wildman–Crippen LogP) is 6.57. The summed E-state index contributed by atoms with van der Waals surface area (Å²) in [5.74, 6) is -0.664. The fourth-order valence-electron chi connectivity index (χ4n) is 4.23. The average molecular weight is 492 g/mol. The molecule has 180 valence electrons. The molecule has 0 N–H and O–H groups in total. The lowest BCUT2D eigenvalue weighted by atomic mass is 10.1. The molecule has 5 nitrogen and oxygen atoms in total. The number of para-hydroxylation sites is 2. The molecule has 0 spiro atoms. The van der Waals surface area contributed by atoms with Crippen LogP contribution in [0.4, 0.5) is 4.39 Å². The van der Waals surface area contributed by atoms with Gasteiger partial charge < -0.3 is 4.90 Å². The van der Waals surface area contributed by atoms with Crippen LogP contribution in [0.3, 0.4) is 0 Å². The molecule has 1 heterocycles. The third-order valence-electron chi connectivity index (χ3n) is 6.10. The van der Waals surface area contributed by atoms with Crippen molar-refractivity contribution in [3.05, 3.63) is 105 Å². The van der Waals surface area contributed by atoms with Crippen molar-refractivity contribution in [1.82, 2.24) is 14.5 Å². The fourth-order valence-corrected chi connectivity index (χ4v) is 4.45. The van der Waals surface area contributed by atoms with Crippen LogP contribution in [0, 0.1) is 5.82 Å². The number of carbonyl (C=O) groups excluding carboxylic acids is 1. The van der Waals surface area contributed by atoms with Crippen LogP contribution in [0.1, 0.15) is 55.3 Å². The van der Waals surface area contributed by atoms with E-state index in [1.54, 1.807) is 59.5 Å². The SMILES string of the molecule is CCCCCN(C(=O)c1ccccc1F)C(C)c1nc2ccccc2c(=O)n1-c1ccccc1Cl. The van der Waals surface area contributed by atoms with E-state index < -0.39 is 17.8 Å². The third kappa shape index (κ3) is 4.98. The number of halogens is 2. The molecule has 4 aromatic rings. The first kappa shape index (κ1) is 24.6. The lowest BCUT2D eigenvalue weighted by Crippen LogP contribution is -2.38. The summed E-state index contributed by atoms with van der Waals surface area (Å²) in [6, 6.07) is 19.4. The molecule has 1 aromatic heterocycles. The predicted molar refractivity (Wildman–Crippen MR) is 138 cm³/mol. The number of hydrogen-bond donors (Lipinski definition) is 0. The second-order valence-corrected chi connectivity index (χ2v) is 8.85. The molecule has 0 aliphatic heterocycles. The standard InChI is InChI=1S/C28H27ClFN3O2/c1-3-4-11-18-32(27(34)20-12-5-8-15-23(20)30)19(2)26-31-24-16-9-6-13-21(24)28(35)33(26)25-17-10-7-14-22(25)29/h5-10,12-17,19H,3-4,11,18H2,1-2H3. The van der Waals surface area contributed by atoms with Gasteiger partial charge in [-0.25, -0.2) is 9.37 Å². The van der Waals surface area contributed by atoms with Gasteiger partial charge in [0.2, 0.25) is 0 Å². The summed E-state index contributed by atoms with van der Waals surface area (Å²) in [6.07, 6.45) is 2.62. The first-order chi connectivity index (χ1) is 16.9. The minimum atomic E-state index is -0.632. The summed E-state index contributed by atoms with van der Waals surface area (Å²) in [5.41, 5.74) is 0.710. The number of hydrogen-bond acceptors (Lipinski definition) is 3. The number of unbranched alkanes of at least 4 members (excludes halogenated alkanes) is 2. The molecule has 1 amide bonds. The number of carbonyl (C=O) groups is 1. The van der Waals surface area contributed by atoms with Crippen LogP contribution in [0.2, 0.25) is 5.02 Å². The maximum Gasteiger partial charge on any atom is 0.266 e. The lowest BCUT2D eigenvalue weighted by Gasteiger charge is -2.31. The average Bonchev–Trinajstić information content (AvgIpc) is 2.87. The van der Waals surface area contributed by atoms with Crippen molar-refractivity contribution in [2.24, 2.45) is 0 Å². The Morgan fingerprint density at radius 2 is 1.71 bits per heavy atom. The molecular weight excluding hydrogens is 465 g/mol. The van der Waals surface area contributed by atoms with Gasteiger partial charge in [0.1, 0.15) is 11.6 Å². The minimum absolute atomic E-state index is 0.0109. The zero-order valence-electron chi connectivity index (χ0n) is 19.7. The summed E-state index contributed by atoms with van der Waals surface area (Å²) < 4.78 is 16.1. The van der Waals surface area contributed by atoms with E-state index in [0.29, 0.717) is 34.0 Å². The molecule has 4 rings (SSSR count). The van der Waals surface area contributed by atoms with E-state index in [-0.39, 0.29) is 11.1 Å². The van der Waals surface area contributed by atoms with Gasteiger partial charge >= 0.3 is 0 Å². The van der Waals surface area contributed by atoms with E-state index in [1.165, 1.54) is 16.7 Å². The molecule has 0 fully saturated rings. The monoisotopic (exact) mass is 491 g/mol. The van der Waals surface area contributed by atoms with Crippen molar-refractivity contribution in [3.63, 3.8) is 0 Å². The van der Waals surface area contributed by atoms with Crippen LogP contribution in [-0.4, -0.2) is 26.9 Å². The summed E-state index contributed by atoms with van der Waals surface area (Å²) in [7, 11) is 0. The molecule has 0 aliphatic carbocycles. The van der Waals surface area contributed by atoms with E-state index in [9.17, 15) is 14.0 Å². The largest absolute Gasteiger partial charge is 0.329 e. The van der Waals surface area contributed by atoms with Crippen LogP contribution >= 0.6 is 11.6 Å². The number of nitrogens with zero attached hydrogens (tertiary/aromatic N) is 3. The molecule has 35 heavy (non-hydrogen) atoms. The Balaban J connectivity index is 1.91. The van der Waals surface area contributed by atoms with Gasteiger partial charge in [0.05, 0.1) is 33.2 Å². The summed E-state index contributed by atoms with van der Waals surface area (Å²) >= 11 is 6.50. The summed E-state index contributed by atoms with van der Waals surface area (Å²) in [6.45, 7) is 4.29. The van der Waals surface area contributed by atoms with Crippen molar-refractivity contribution < 1.29 is 9.18 Å². The van der Waals surface area contributed by atoms with Crippen molar-refractivity contribution in [1.29, 1.82) is 0 Å². The van der Waals surface area contributed by atoms with E-state index in [4.69, 9.17) is 16.6 Å². The normalized spacial score (nSPS) is 12.0. The number of benzene rings is 3. The van der Waals surface area contributed by atoms with Crippen molar-refractivity contribution in [3.8, 4) is 5.69 Å². The molecule has 3 aromatic carbocycles.